The van der Waals surface area contributed by atoms with E-state index in [1.165, 1.54) is 0 Å². The SMILES string of the molecule is Cc1cccc(N2CC(C(=O)N3CCC(C(=O)O)C3C)CC2=O)c1C. The Kier molecular flexibility index (Phi) is 4.54. The van der Waals surface area contributed by atoms with Crippen LogP contribution in [0.2, 0.25) is 0 Å². The number of nitrogens with zero attached hydrogens (tertiary/aromatic N) is 2. The number of carbonyl (C=O) groups is 3. The van der Waals surface area contributed by atoms with Gasteiger partial charge in [-0.3, -0.25) is 14.4 Å². The summed E-state index contributed by atoms with van der Waals surface area (Å²) in [6, 6.07) is 5.50. The van der Waals surface area contributed by atoms with Gasteiger partial charge in [0.25, 0.3) is 0 Å². The third-order valence-corrected chi connectivity index (χ3v) is 5.70. The minimum atomic E-state index is -0.859. The summed E-state index contributed by atoms with van der Waals surface area (Å²) in [5.74, 6) is -1.92. The first-order valence-corrected chi connectivity index (χ1v) is 8.71. The number of carboxylic acid groups (broad SMARTS) is 1. The molecule has 2 aliphatic rings. The van der Waals surface area contributed by atoms with E-state index >= 15 is 0 Å². The molecule has 6 heteroatoms. The van der Waals surface area contributed by atoms with Crippen molar-refractivity contribution in [2.24, 2.45) is 11.8 Å². The molecule has 3 rings (SSSR count). The Hall–Kier alpha value is -2.37. The number of rotatable bonds is 3. The second kappa shape index (κ2) is 6.50. The molecule has 1 N–H and O–H groups in total. The van der Waals surface area contributed by atoms with Crippen LogP contribution in [0.5, 0.6) is 0 Å². The van der Waals surface area contributed by atoms with Crippen LogP contribution in [0.4, 0.5) is 5.69 Å². The molecule has 0 radical (unpaired) electrons. The van der Waals surface area contributed by atoms with Crippen molar-refractivity contribution in [1.29, 1.82) is 0 Å². The number of hydrogen-bond acceptors (Lipinski definition) is 3. The Balaban J connectivity index is 1.75. The number of carboxylic acids is 1. The maximum absolute atomic E-state index is 12.9. The maximum atomic E-state index is 12.9. The number of carbonyl (C=O) groups excluding carboxylic acids is 2. The van der Waals surface area contributed by atoms with Gasteiger partial charge in [-0.15, -0.1) is 0 Å². The maximum Gasteiger partial charge on any atom is 0.308 e. The molecule has 1 aromatic rings. The van der Waals surface area contributed by atoms with Crippen LogP contribution in [-0.2, 0) is 14.4 Å². The molecule has 134 valence electrons. The molecule has 2 fully saturated rings. The lowest BCUT2D eigenvalue weighted by molar-refractivity contribution is -0.143. The Bertz CT molecular complexity index is 730. The number of aryl methyl sites for hydroxylation is 1. The lowest BCUT2D eigenvalue weighted by atomic mass is 10.0. The van der Waals surface area contributed by atoms with Gasteiger partial charge in [0.15, 0.2) is 0 Å². The van der Waals surface area contributed by atoms with Crippen molar-refractivity contribution < 1.29 is 19.5 Å². The molecule has 2 aliphatic heterocycles. The van der Waals surface area contributed by atoms with Gasteiger partial charge in [0, 0.05) is 31.2 Å². The van der Waals surface area contributed by atoms with E-state index in [-0.39, 0.29) is 24.3 Å². The molecule has 3 unspecified atom stereocenters. The molecule has 1 aromatic carbocycles. The van der Waals surface area contributed by atoms with Crippen molar-refractivity contribution in [3.05, 3.63) is 29.3 Å². The van der Waals surface area contributed by atoms with Gasteiger partial charge in [-0.25, -0.2) is 0 Å². The average molecular weight is 344 g/mol. The summed E-state index contributed by atoms with van der Waals surface area (Å²) in [6.45, 7) is 6.57. The summed E-state index contributed by atoms with van der Waals surface area (Å²) in [6.07, 6.45) is 0.663. The highest BCUT2D eigenvalue weighted by atomic mass is 16.4. The van der Waals surface area contributed by atoms with Crippen LogP contribution in [-0.4, -0.2) is 46.9 Å². The van der Waals surface area contributed by atoms with Gasteiger partial charge in [0.05, 0.1) is 11.8 Å². The standard InChI is InChI=1S/C19H24N2O4/c1-11-5-4-6-16(12(11)2)21-10-14(9-17(21)22)18(23)20-8-7-15(13(20)3)19(24)25/h4-6,13-15H,7-10H2,1-3H3,(H,24,25). The molecule has 0 bridgehead atoms. The van der Waals surface area contributed by atoms with E-state index in [1.54, 1.807) is 16.7 Å². The van der Waals surface area contributed by atoms with Crippen LogP contribution < -0.4 is 4.90 Å². The number of benzene rings is 1. The minimum Gasteiger partial charge on any atom is -0.481 e. The van der Waals surface area contributed by atoms with Gasteiger partial charge < -0.3 is 14.9 Å². The van der Waals surface area contributed by atoms with Crippen molar-refractivity contribution in [3.63, 3.8) is 0 Å². The first-order chi connectivity index (χ1) is 11.8. The minimum absolute atomic E-state index is 0.0475. The quantitative estimate of drug-likeness (QED) is 0.909. The molecule has 0 spiro atoms. The number of likely N-dealkylation sites (tertiary alicyclic amines) is 1. The lowest BCUT2D eigenvalue weighted by Crippen LogP contribution is -2.41. The van der Waals surface area contributed by atoms with Crippen molar-refractivity contribution in [2.45, 2.75) is 39.7 Å². The zero-order valence-corrected chi connectivity index (χ0v) is 14.9. The summed E-state index contributed by atoms with van der Waals surface area (Å²) in [7, 11) is 0. The molecule has 6 nitrogen and oxygen atoms in total. The van der Waals surface area contributed by atoms with E-state index in [2.05, 4.69) is 0 Å². The fraction of sp³-hybridized carbons (Fsp3) is 0.526. The molecule has 25 heavy (non-hydrogen) atoms. The monoisotopic (exact) mass is 344 g/mol. The predicted molar refractivity (Wildman–Crippen MR) is 93.3 cm³/mol. The van der Waals surface area contributed by atoms with Crippen LogP contribution >= 0.6 is 0 Å². The molecule has 2 amide bonds. The van der Waals surface area contributed by atoms with Gasteiger partial charge in [0.2, 0.25) is 11.8 Å². The molecule has 3 atom stereocenters. The molecule has 2 saturated heterocycles. The highest BCUT2D eigenvalue weighted by Gasteiger charge is 2.43. The van der Waals surface area contributed by atoms with Crippen molar-refractivity contribution >= 4 is 23.5 Å². The number of amides is 2. The summed E-state index contributed by atoms with van der Waals surface area (Å²) in [5.41, 5.74) is 3.01. The average Bonchev–Trinajstić information content (AvgIpc) is 3.13. The fourth-order valence-electron chi connectivity index (χ4n) is 3.95. The first-order valence-electron chi connectivity index (χ1n) is 8.71. The van der Waals surface area contributed by atoms with E-state index in [0.29, 0.717) is 19.5 Å². The van der Waals surface area contributed by atoms with Crippen molar-refractivity contribution in [2.75, 3.05) is 18.0 Å². The highest BCUT2D eigenvalue weighted by molar-refractivity contribution is 6.01. The Morgan fingerprint density at radius 3 is 2.60 bits per heavy atom. The summed E-state index contributed by atoms with van der Waals surface area (Å²) in [5, 5.41) is 9.24. The Morgan fingerprint density at radius 1 is 1.24 bits per heavy atom. The van der Waals surface area contributed by atoms with Gasteiger partial charge >= 0.3 is 5.97 Å². The fourth-order valence-corrected chi connectivity index (χ4v) is 3.95. The van der Waals surface area contributed by atoms with E-state index in [1.807, 2.05) is 32.0 Å². The van der Waals surface area contributed by atoms with E-state index in [9.17, 15) is 19.5 Å². The molecule has 0 saturated carbocycles. The van der Waals surface area contributed by atoms with Gasteiger partial charge in [-0.2, -0.15) is 0 Å². The molecule has 0 aliphatic carbocycles. The Morgan fingerprint density at radius 2 is 1.96 bits per heavy atom. The van der Waals surface area contributed by atoms with E-state index < -0.39 is 17.8 Å². The predicted octanol–water partition coefficient (Wildman–Crippen LogP) is 1.98. The number of aliphatic carboxylic acids is 1. The second-order valence-electron chi connectivity index (χ2n) is 7.13. The number of anilines is 1. The van der Waals surface area contributed by atoms with Gasteiger partial charge in [-0.1, -0.05) is 12.1 Å². The van der Waals surface area contributed by atoms with Crippen molar-refractivity contribution in [1.82, 2.24) is 4.90 Å². The Labute approximate surface area is 147 Å². The second-order valence-corrected chi connectivity index (χ2v) is 7.13. The van der Waals surface area contributed by atoms with Gasteiger partial charge in [-0.05, 0) is 44.4 Å². The third kappa shape index (κ3) is 3.01. The van der Waals surface area contributed by atoms with E-state index in [0.717, 1.165) is 16.8 Å². The molecule has 2 heterocycles. The van der Waals surface area contributed by atoms with Crippen LogP contribution in [0.3, 0.4) is 0 Å². The topological polar surface area (TPSA) is 77.9 Å². The number of hydrogen-bond donors (Lipinski definition) is 1. The first kappa shape index (κ1) is 17.5. The summed E-state index contributed by atoms with van der Waals surface area (Å²) in [4.78, 5) is 39.9. The molecule has 0 aromatic heterocycles. The summed E-state index contributed by atoms with van der Waals surface area (Å²) >= 11 is 0. The van der Waals surface area contributed by atoms with Crippen LogP contribution in [0.15, 0.2) is 18.2 Å². The smallest absolute Gasteiger partial charge is 0.308 e. The summed E-state index contributed by atoms with van der Waals surface area (Å²) < 4.78 is 0. The molecular formula is C19H24N2O4. The lowest BCUT2D eigenvalue weighted by Gasteiger charge is -2.26. The van der Waals surface area contributed by atoms with Crippen LogP contribution in [0.25, 0.3) is 0 Å². The normalized spacial score (nSPS) is 26.4. The zero-order valence-electron chi connectivity index (χ0n) is 14.9. The van der Waals surface area contributed by atoms with Crippen LogP contribution in [0, 0.1) is 25.7 Å². The van der Waals surface area contributed by atoms with E-state index in [4.69, 9.17) is 0 Å². The van der Waals surface area contributed by atoms with Crippen LogP contribution in [0.1, 0.15) is 30.9 Å². The largest absolute Gasteiger partial charge is 0.481 e. The molecular weight excluding hydrogens is 320 g/mol. The van der Waals surface area contributed by atoms with Gasteiger partial charge in [0.1, 0.15) is 0 Å². The third-order valence-electron chi connectivity index (χ3n) is 5.70. The van der Waals surface area contributed by atoms with Crippen molar-refractivity contribution in [3.8, 4) is 0 Å². The highest BCUT2D eigenvalue weighted by Crippen LogP contribution is 2.32. The zero-order chi connectivity index (χ0) is 18.3.